The quantitative estimate of drug-likeness (QED) is 0.805. The van der Waals surface area contributed by atoms with E-state index in [1.807, 2.05) is 0 Å². The molecule has 0 aliphatic heterocycles. The van der Waals surface area contributed by atoms with Gasteiger partial charge < -0.3 is 5.11 Å². The number of sulfonamides is 1. The summed E-state index contributed by atoms with van der Waals surface area (Å²) >= 11 is 0. The summed E-state index contributed by atoms with van der Waals surface area (Å²) < 4.78 is 25.9. The average molecular weight is 263 g/mol. The van der Waals surface area contributed by atoms with Crippen molar-refractivity contribution in [3.63, 3.8) is 0 Å². The minimum absolute atomic E-state index is 0.137. The van der Waals surface area contributed by atoms with Crippen LogP contribution in [0.4, 0.5) is 0 Å². The molecule has 0 unspecified atom stereocenters. The molecule has 6 heteroatoms. The Hall–Kier alpha value is -0.620. The van der Waals surface area contributed by atoms with Crippen molar-refractivity contribution >= 4 is 16.0 Å². The maximum absolute atomic E-state index is 12.1. The molecule has 0 atom stereocenters. The van der Waals surface area contributed by atoms with Crippen LogP contribution >= 0.6 is 0 Å². The fraction of sp³-hybridized carbons (Fsp3) is 0.909. The molecule has 1 fully saturated rings. The first-order valence-corrected chi connectivity index (χ1v) is 7.32. The van der Waals surface area contributed by atoms with Crippen molar-refractivity contribution in [3.05, 3.63) is 0 Å². The number of hydrogen-bond acceptors (Lipinski definition) is 3. The zero-order valence-corrected chi connectivity index (χ0v) is 11.4. The van der Waals surface area contributed by atoms with Crippen molar-refractivity contribution in [1.29, 1.82) is 0 Å². The summed E-state index contributed by atoms with van der Waals surface area (Å²) in [5.41, 5.74) is -0.780. The number of nitrogens with one attached hydrogen (secondary N) is 1. The normalized spacial score (nSPS) is 20.4. The lowest BCUT2D eigenvalue weighted by molar-refractivity contribution is -0.138. The van der Waals surface area contributed by atoms with Gasteiger partial charge in [0.1, 0.15) is 0 Å². The van der Waals surface area contributed by atoms with Gasteiger partial charge >= 0.3 is 5.97 Å². The van der Waals surface area contributed by atoms with Gasteiger partial charge in [0.25, 0.3) is 0 Å². The third kappa shape index (κ3) is 3.42. The minimum atomic E-state index is -3.50. The smallest absolute Gasteiger partial charge is 0.305 e. The first-order chi connectivity index (χ1) is 7.58. The molecule has 0 amide bonds. The van der Waals surface area contributed by atoms with Crippen LogP contribution < -0.4 is 4.72 Å². The van der Waals surface area contributed by atoms with Crippen LogP contribution in [0.25, 0.3) is 0 Å². The lowest BCUT2D eigenvalue weighted by Crippen LogP contribution is -2.52. The molecule has 0 heterocycles. The Bertz CT molecular complexity index is 388. The van der Waals surface area contributed by atoms with Crippen molar-refractivity contribution in [2.24, 2.45) is 0 Å². The summed E-state index contributed by atoms with van der Waals surface area (Å²) in [6.45, 7) is 4.83. The highest BCUT2D eigenvalue weighted by molar-refractivity contribution is 7.90. The fourth-order valence-corrected chi connectivity index (χ4v) is 3.25. The molecule has 0 spiro atoms. The Morgan fingerprint density at radius 3 is 2.12 bits per heavy atom. The van der Waals surface area contributed by atoms with Crippen LogP contribution in [0.3, 0.4) is 0 Å². The fourth-order valence-electron chi connectivity index (χ4n) is 2.09. The number of aliphatic carboxylic acids is 1. The molecule has 100 valence electrons. The molecule has 1 aliphatic rings. The highest BCUT2D eigenvalue weighted by Crippen LogP contribution is 2.34. The molecular formula is C11H21NO4S. The lowest BCUT2D eigenvalue weighted by atomic mass is 9.95. The Morgan fingerprint density at radius 1 is 1.29 bits per heavy atom. The maximum atomic E-state index is 12.1. The van der Waals surface area contributed by atoms with Crippen LogP contribution in [0.2, 0.25) is 0 Å². The van der Waals surface area contributed by atoms with Crippen molar-refractivity contribution < 1.29 is 18.3 Å². The first-order valence-electron chi connectivity index (χ1n) is 5.83. The molecule has 17 heavy (non-hydrogen) atoms. The van der Waals surface area contributed by atoms with Crippen LogP contribution in [0.1, 0.15) is 52.9 Å². The number of carboxylic acid groups (broad SMARTS) is 1. The molecule has 0 aromatic carbocycles. The van der Waals surface area contributed by atoms with Gasteiger partial charge in [-0.2, -0.15) is 0 Å². The van der Waals surface area contributed by atoms with Gasteiger partial charge in [-0.15, -0.1) is 0 Å². The molecule has 5 nitrogen and oxygen atoms in total. The number of rotatable bonds is 4. The highest BCUT2D eigenvalue weighted by atomic mass is 32.2. The van der Waals surface area contributed by atoms with Gasteiger partial charge in [0.05, 0.1) is 11.2 Å². The molecule has 0 aromatic heterocycles. The van der Waals surface area contributed by atoms with E-state index in [-0.39, 0.29) is 6.42 Å². The van der Waals surface area contributed by atoms with Crippen molar-refractivity contribution in [2.75, 3.05) is 0 Å². The monoisotopic (exact) mass is 263 g/mol. The predicted molar refractivity (Wildman–Crippen MR) is 65.3 cm³/mol. The predicted octanol–water partition coefficient (Wildman–Crippen LogP) is 1.49. The van der Waals surface area contributed by atoms with E-state index >= 15 is 0 Å². The van der Waals surface area contributed by atoms with E-state index in [4.69, 9.17) is 5.11 Å². The summed E-state index contributed by atoms with van der Waals surface area (Å²) in [6, 6.07) is 0. The van der Waals surface area contributed by atoms with Gasteiger partial charge in [0, 0.05) is 5.54 Å². The van der Waals surface area contributed by atoms with Crippen LogP contribution in [0.15, 0.2) is 0 Å². The van der Waals surface area contributed by atoms with E-state index in [1.165, 1.54) is 0 Å². The molecule has 2 N–H and O–H groups in total. The summed E-state index contributed by atoms with van der Waals surface area (Å²) in [5.74, 6) is -0.955. The Morgan fingerprint density at radius 2 is 1.76 bits per heavy atom. The van der Waals surface area contributed by atoms with Crippen LogP contribution in [0.5, 0.6) is 0 Å². The van der Waals surface area contributed by atoms with E-state index in [0.29, 0.717) is 12.8 Å². The molecule has 0 bridgehead atoms. The van der Waals surface area contributed by atoms with Crippen molar-refractivity contribution in [2.45, 2.75) is 63.2 Å². The summed E-state index contributed by atoms with van der Waals surface area (Å²) in [4.78, 5) is 10.9. The Kier molecular flexibility index (Phi) is 3.88. The van der Waals surface area contributed by atoms with E-state index in [0.717, 1.165) is 12.8 Å². The average Bonchev–Trinajstić information content (AvgIpc) is 2.48. The highest BCUT2D eigenvalue weighted by Gasteiger charge is 2.42. The molecule has 0 aromatic rings. The molecule has 0 saturated heterocycles. The standard InChI is InChI=1S/C11H21NO4S/c1-10(2,3)17(15,16)12-11(8-9(13)14)6-4-5-7-11/h12H,4-8H2,1-3H3,(H,13,14). The van der Waals surface area contributed by atoms with Crippen LogP contribution in [-0.2, 0) is 14.8 Å². The van der Waals surface area contributed by atoms with Crippen molar-refractivity contribution in [3.8, 4) is 0 Å². The second-order valence-electron chi connectivity index (χ2n) is 5.78. The summed E-state index contributed by atoms with van der Waals surface area (Å²) in [5, 5.41) is 8.90. The van der Waals surface area contributed by atoms with Crippen LogP contribution in [-0.4, -0.2) is 29.8 Å². The van der Waals surface area contributed by atoms with Crippen molar-refractivity contribution in [1.82, 2.24) is 4.72 Å². The van der Waals surface area contributed by atoms with Gasteiger partial charge in [-0.3, -0.25) is 4.79 Å². The number of carboxylic acids is 1. The third-order valence-corrected chi connectivity index (χ3v) is 5.52. The SMILES string of the molecule is CC(C)(C)S(=O)(=O)NC1(CC(=O)O)CCCC1. The maximum Gasteiger partial charge on any atom is 0.305 e. The minimum Gasteiger partial charge on any atom is -0.481 e. The van der Waals surface area contributed by atoms with Crippen LogP contribution in [0, 0.1) is 0 Å². The molecular weight excluding hydrogens is 242 g/mol. The largest absolute Gasteiger partial charge is 0.481 e. The second kappa shape index (κ2) is 4.57. The first kappa shape index (κ1) is 14.4. The second-order valence-corrected chi connectivity index (χ2v) is 8.21. The van der Waals surface area contributed by atoms with E-state index in [9.17, 15) is 13.2 Å². The Balaban J connectivity index is 2.92. The van der Waals surface area contributed by atoms with E-state index in [1.54, 1.807) is 20.8 Å². The molecule has 0 radical (unpaired) electrons. The lowest BCUT2D eigenvalue weighted by Gasteiger charge is -2.32. The van der Waals surface area contributed by atoms with Gasteiger partial charge in [0.2, 0.25) is 10.0 Å². The van der Waals surface area contributed by atoms with Gasteiger partial charge in [0.15, 0.2) is 0 Å². The Labute approximate surface area is 103 Å². The van der Waals surface area contributed by atoms with Gasteiger partial charge in [-0.1, -0.05) is 12.8 Å². The van der Waals surface area contributed by atoms with Gasteiger partial charge in [-0.25, -0.2) is 13.1 Å². The molecule has 1 aliphatic carbocycles. The molecule has 1 rings (SSSR count). The summed E-state index contributed by atoms with van der Waals surface area (Å²) in [7, 11) is -3.50. The zero-order chi connectivity index (χ0) is 13.3. The van der Waals surface area contributed by atoms with Gasteiger partial charge in [-0.05, 0) is 33.6 Å². The summed E-state index contributed by atoms with van der Waals surface area (Å²) in [6.07, 6.45) is 2.82. The zero-order valence-electron chi connectivity index (χ0n) is 10.6. The van der Waals surface area contributed by atoms with E-state index in [2.05, 4.69) is 4.72 Å². The molecule has 1 saturated carbocycles. The van der Waals surface area contributed by atoms with E-state index < -0.39 is 26.3 Å². The topological polar surface area (TPSA) is 83.5 Å². The number of hydrogen-bond donors (Lipinski definition) is 2. The third-order valence-electron chi connectivity index (χ3n) is 3.21. The number of carbonyl (C=O) groups is 1.